The summed E-state index contributed by atoms with van der Waals surface area (Å²) >= 11 is 0. The molecular weight excluding hydrogens is 422 g/mol. The monoisotopic (exact) mass is 469 g/mol. The molecule has 1 N–H and O–H groups in total. The molecule has 7 nitrogen and oxygen atoms in total. The predicted molar refractivity (Wildman–Crippen MR) is 130 cm³/mol. The molecule has 0 saturated heterocycles. The van der Waals surface area contributed by atoms with Crippen molar-refractivity contribution in [2.75, 3.05) is 13.2 Å². The topological polar surface area (TPSA) is 98.8 Å². The molecule has 0 aromatic carbocycles. The number of hydrogen-bond acceptors (Lipinski definition) is 6. The van der Waals surface area contributed by atoms with E-state index in [1.807, 2.05) is 6.92 Å². The molecular formula is C26H47NO6. The molecule has 0 aliphatic rings. The summed E-state index contributed by atoms with van der Waals surface area (Å²) in [5.74, 6) is -2.63. The molecule has 0 aromatic heterocycles. The van der Waals surface area contributed by atoms with Crippen LogP contribution in [0.15, 0.2) is 0 Å². The van der Waals surface area contributed by atoms with Crippen LogP contribution in [-0.2, 0) is 28.7 Å². The van der Waals surface area contributed by atoms with E-state index in [9.17, 15) is 19.2 Å². The van der Waals surface area contributed by atoms with Gasteiger partial charge in [0.1, 0.15) is 6.04 Å². The first-order chi connectivity index (χ1) is 16.0. The van der Waals surface area contributed by atoms with Gasteiger partial charge in [0.05, 0.1) is 6.61 Å². The normalized spacial score (nSPS) is 11.6. The molecule has 0 aliphatic carbocycles. The molecule has 1 amide bonds. The lowest BCUT2D eigenvalue weighted by Crippen LogP contribution is -2.45. The molecule has 33 heavy (non-hydrogen) atoms. The van der Waals surface area contributed by atoms with Gasteiger partial charge in [-0.2, -0.15) is 0 Å². The van der Waals surface area contributed by atoms with E-state index in [1.54, 1.807) is 6.92 Å². The molecule has 0 unspecified atom stereocenters. The molecule has 0 spiro atoms. The highest BCUT2D eigenvalue weighted by molar-refractivity contribution is 6.36. The predicted octanol–water partition coefficient (Wildman–Crippen LogP) is 5.43. The van der Waals surface area contributed by atoms with E-state index in [4.69, 9.17) is 9.47 Å². The lowest BCUT2D eigenvalue weighted by Gasteiger charge is -2.16. The van der Waals surface area contributed by atoms with Gasteiger partial charge < -0.3 is 14.8 Å². The van der Waals surface area contributed by atoms with Crippen LogP contribution in [0.3, 0.4) is 0 Å². The third kappa shape index (κ3) is 18.2. The minimum atomic E-state index is -0.933. The summed E-state index contributed by atoms with van der Waals surface area (Å²) in [6.07, 6.45) is 16.4. The van der Waals surface area contributed by atoms with Crippen molar-refractivity contribution in [2.45, 2.75) is 130 Å². The number of Topliss-reactive ketones (excluding diaryl/α,β-unsaturated/α-hetero) is 1. The second-order valence-electron chi connectivity index (χ2n) is 8.64. The highest BCUT2D eigenvalue weighted by Gasteiger charge is 2.25. The van der Waals surface area contributed by atoms with Crippen molar-refractivity contribution in [3.8, 4) is 0 Å². The minimum Gasteiger partial charge on any atom is -0.463 e. The van der Waals surface area contributed by atoms with Gasteiger partial charge in [-0.05, 0) is 19.8 Å². The fraction of sp³-hybridized carbons (Fsp3) is 0.846. The van der Waals surface area contributed by atoms with Gasteiger partial charge in [0.2, 0.25) is 5.78 Å². The lowest BCUT2D eigenvalue weighted by atomic mass is 10.0. The number of ether oxygens (including phenoxy) is 2. The summed E-state index contributed by atoms with van der Waals surface area (Å²) < 4.78 is 9.66. The Kier molecular flexibility index (Phi) is 20.6. The van der Waals surface area contributed by atoms with Crippen LogP contribution in [0.1, 0.15) is 124 Å². The van der Waals surface area contributed by atoms with E-state index in [0.717, 1.165) is 19.3 Å². The first-order valence-electron chi connectivity index (χ1n) is 13.1. The van der Waals surface area contributed by atoms with E-state index in [2.05, 4.69) is 12.2 Å². The first kappa shape index (κ1) is 31.1. The van der Waals surface area contributed by atoms with E-state index in [1.165, 1.54) is 57.8 Å². The third-order valence-corrected chi connectivity index (χ3v) is 5.58. The standard InChI is InChI=1S/C26H47NO6/c1-4-7-9-10-11-12-13-14-15-16-17-18-20-23(28)25(30)27-22(19-8-5-2)26(31)33-21-24(29)32-6-3/h22H,4-21H2,1-3H3,(H,27,30)/t22-/m0/s1. The van der Waals surface area contributed by atoms with Crippen LogP contribution in [0.4, 0.5) is 0 Å². The minimum absolute atomic E-state index is 0.182. The Labute approximate surface area is 200 Å². The molecule has 0 bridgehead atoms. The number of nitrogens with one attached hydrogen (secondary N) is 1. The molecule has 0 aliphatic heterocycles. The van der Waals surface area contributed by atoms with Gasteiger partial charge in [-0.1, -0.05) is 97.3 Å². The van der Waals surface area contributed by atoms with Crippen LogP contribution < -0.4 is 5.32 Å². The zero-order valence-electron chi connectivity index (χ0n) is 21.3. The molecule has 7 heteroatoms. The molecule has 0 rings (SSSR count). The van der Waals surface area contributed by atoms with Crippen LogP contribution in [0.5, 0.6) is 0 Å². The van der Waals surface area contributed by atoms with Gasteiger partial charge in [-0.3, -0.25) is 9.59 Å². The van der Waals surface area contributed by atoms with Gasteiger partial charge in [-0.25, -0.2) is 9.59 Å². The zero-order valence-corrected chi connectivity index (χ0v) is 21.3. The maximum atomic E-state index is 12.2. The van der Waals surface area contributed by atoms with Gasteiger partial charge in [-0.15, -0.1) is 0 Å². The highest BCUT2D eigenvalue weighted by atomic mass is 16.6. The fourth-order valence-corrected chi connectivity index (χ4v) is 3.57. The highest BCUT2D eigenvalue weighted by Crippen LogP contribution is 2.12. The number of carbonyl (C=O) groups excluding carboxylic acids is 4. The Morgan fingerprint density at radius 1 is 0.667 bits per heavy atom. The summed E-state index contributed by atoms with van der Waals surface area (Å²) in [5.41, 5.74) is 0. The molecule has 0 radical (unpaired) electrons. The van der Waals surface area contributed by atoms with Crippen molar-refractivity contribution < 1.29 is 28.7 Å². The lowest BCUT2D eigenvalue weighted by molar-refractivity contribution is -0.160. The number of rotatable bonds is 22. The molecule has 0 saturated carbocycles. The summed E-state index contributed by atoms with van der Waals surface area (Å²) in [5, 5.41) is 2.49. The zero-order chi connectivity index (χ0) is 24.7. The van der Waals surface area contributed by atoms with E-state index >= 15 is 0 Å². The number of esters is 2. The molecule has 0 aromatic rings. The second-order valence-corrected chi connectivity index (χ2v) is 8.64. The van der Waals surface area contributed by atoms with Gasteiger partial charge >= 0.3 is 11.9 Å². The van der Waals surface area contributed by atoms with Crippen molar-refractivity contribution in [3.05, 3.63) is 0 Å². The van der Waals surface area contributed by atoms with Crippen molar-refractivity contribution in [3.63, 3.8) is 0 Å². The van der Waals surface area contributed by atoms with Crippen molar-refractivity contribution in [1.82, 2.24) is 5.32 Å². The SMILES string of the molecule is CCCCCCCCCCCCCCC(=O)C(=O)N[C@@H](CCCC)C(=O)OCC(=O)OCC. The molecule has 1 atom stereocenters. The maximum absolute atomic E-state index is 12.2. The Balaban J connectivity index is 4.05. The Bertz CT molecular complexity index is 549. The van der Waals surface area contributed by atoms with Gasteiger partial charge in [0, 0.05) is 6.42 Å². The Morgan fingerprint density at radius 2 is 1.18 bits per heavy atom. The van der Waals surface area contributed by atoms with E-state index in [-0.39, 0.29) is 13.0 Å². The fourth-order valence-electron chi connectivity index (χ4n) is 3.57. The van der Waals surface area contributed by atoms with Crippen molar-refractivity contribution in [1.29, 1.82) is 0 Å². The van der Waals surface area contributed by atoms with E-state index in [0.29, 0.717) is 19.3 Å². The summed E-state index contributed by atoms with van der Waals surface area (Å²) in [7, 11) is 0. The Morgan fingerprint density at radius 3 is 1.70 bits per heavy atom. The van der Waals surface area contributed by atoms with E-state index < -0.39 is 36.3 Å². The van der Waals surface area contributed by atoms with Crippen molar-refractivity contribution in [2.24, 2.45) is 0 Å². The van der Waals surface area contributed by atoms with Crippen LogP contribution in [0.25, 0.3) is 0 Å². The quantitative estimate of drug-likeness (QED) is 0.129. The molecule has 192 valence electrons. The third-order valence-electron chi connectivity index (χ3n) is 5.58. The number of hydrogen-bond donors (Lipinski definition) is 1. The Hall–Kier alpha value is -1.92. The van der Waals surface area contributed by atoms with Gasteiger partial charge in [0.15, 0.2) is 6.61 Å². The summed E-state index contributed by atoms with van der Waals surface area (Å²) in [6.45, 7) is 5.54. The number of unbranched alkanes of at least 4 members (excludes halogenated alkanes) is 12. The number of carbonyl (C=O) groups is 4. The average Bonchev–Trinajstić information content (AvgIpc) is 2.80. The average molecular weight is 470 g/mol. The largest absolute Gasteiger partial charge is 0.463 e. The summed E-state index contributed by atoms with van der Waals surface area (Å²) in [4.78, 5) is 48.0. The summed E-state index contributed by atoms with van der Waals surface area (Å²) in [6, 6.07) is -0.933. The van der Waals surface area contributed by atoms with Crippen LogP contribution >= 0.6 is 0 Å². The number of amides is 1. The van der Waals surface area contributed by atoms with Crippen LogP contribution in [-0.4, -0.2) is 42.9 Å². The molecule has 0 heterocycles. The van der Waals surface area contributed by atoms with Crippen LogP contribution in [0.2, 0.25) is 0 Å². The molecule has 0 fully saturated rings. The maximum Gasteiger partial charge on any atom is 0.344 e. The van der Waals surface area contributed by atoms with Crippen LogP contribution in [0, 0.1) is 0 Å². The second kappa shape index (κ2) is 21.9. The number of ketones is 1. The van der Waals surface area contributed by atoms with Crippen molar-refractivity contribution >= 4 is 23.6 Å². The smallest absolute Gasteiger partial charge is 0.344 e. The first-order valence-corrected chi connectivity index (χ1v) is 13.1. The van der Waals surface area contributed by atoms with Gasteiger partial charge in [0.25, 0.3) is 5.91 Å².